The van der Waals surface area contributed by atoms with Gasteiger partial charge in [-0.2, -0.15) is 0 Å². The molecule has 0 atom stereocenters. The van der Waals surface area contributed by atoms with Crippen molar-refractivity contribution < 1.29 is 0 Å². The molecule has 0 aliphatic heterocycles. The molecule has 47 heavy (non-hydrogen) atoms. The van der Waals surface area contributed by atoms with Gasteiger partial charge in [0.1, 0.15) is 0 Å². The second-order valence-corrected chi connectivity index (χ2v) is 21.5. The van der Waals surface area contributed by atoms with Gasteiger partial charge < -0.3 is 0 Å². The summed E-state index contributed by atoms with van der Waals surface area (Å²) in [6, 6.07) is 0. The van der Waals surface area contributed by atoms with E-state index in [-0.39, 0.29) is 0 Å². The third-order valence-electron chi connectivity index (χ3n) is 11.7. The molecule has 0 aliphatic rings. The van der Waals surface area contributed by atoms with Crippen molar-refractivity contribution in [1.82, 2.24) is 0 Å². The van der Waals surface area contributed by atoms with Gasteiger partial charge in [0.15, 0.2) is 0 Å². The molecule has 0 aromatic heterocycles. The maximum absolute atomic E-state index is 2.34. The molecule has 0 aromatic rings. The van der Waals surface area contributed by atoms with E-state index < -0.39 is 7.26 Å². The van der Waals surface area contributed by atoms with Crippen molar-refractivity contribution in [3.8, 4) is 0 Å². The second-order valence-electron chi connectivity index (χ2n) is 16.5. The van der Waals surface area contributed by atoms with E-state index in [4.69, 9.17) is 0 Å². The summed E-state index contributed by atoms with van der Waals surface area (Å²) in [4.78, 5) is 0. The molecular formula is C46H97P. The summed E-state index contributed by atoms with van der Waals surface area (Å²) >= 11 is 0. The van der Waals surface area contributed by atoms with E-state index in [0.717, 1.165) is 0 Å². The zero-order chi connectivity index (χ0) is 34.2. The zero-order valence-electron chi connectivity index (χ0n) is 34.2. The number of rotatable bonds is 42. The summed E-state index contributed by atoms with van der Waals surface area (Å²) < 4.78 is 0. The molecule has 0 unspecified atom stereocenters. The van der Waals surface area contributed by atoms with Crippen LogP contribution < -0.4 is 0 Å². The van der Waals surface area contributed by atoms with E-state index in [2.05, 4.69) is 27.7 Å². The molecule has 1 heteroatoms. The van der Waals surface area contributed by atoms with Crippen LogP contribution in [0, 0.1) is 0 Å². The molecular weight excluding hydrogens is 583 g/mol. The zero-order valence-corrected chi connectivity index (χ0v) is 35.2. The van der Waals surface area contributed by atoms with Gasteiger partial charge in [0.05, 0.1) is 0 Å². The summed E-state index contributed by atoms with van der Waals surface area (Å²) in [5.74, 6) is 0. The van der Waals surface area contributed by atoms with E-state index in [0.29, 0.717) is 0 Å². The molecule has 0 rings (SSSR count). The summed E-state index contributed by atoms with van der Waals surface area (Å²) in [6.07, 6.45) is 63.5. The summed E-state index contributed by atoms with van der Waals surface area (Å²) in [5, 5.41) is 0. The number of hydrogen-bond acceptors (Lipinski definition) is 0. The molecule has 0 radical (unpaired) electrons. The predicted octanol–water partition coefficient (Wildman–Crippen LogP) is 17.6. The van der Waals surface area contributed by atoms with Gasteiger partial charge in [0.25, 0.3) is 0 Å². The molecule has 0 saturated carbocycles. The topological polar surface area (TPSA) is 0 Å². The van der Waals surface area contributed by atoms with Gasteiger partial charge in [-0.1, -0.05) is 6.92 Å². The molecule has 0 nitrogen and oxygen atoms in total. The Hall–Kier alpha value is 0.430. The minimum atomic E-state index is -1.15. The van der Waals surface area contributed by atoms with E-state index in [1.165, 1.54) is 218 Å². The summed E-state index contributed by atoms with van der Waals surface area (Å²) in [5.41, 5.74) is 0. The van der Waals surface area contributed by atoms with Crippen molar-refractivity contribution in [3.63, 3.8) is 0 Å². The second kappa shape index (κ2) is 40.9. The van der Waals surface area contributed by atoms with Gasteiger partial charge in [-0.3, -0.25) is 0 Å². The Morgan fingerprint density at radius 1 is 0.170 bits per heavy atom. The van der Waals surface area contributed by atoms with Crippen LogP contribution in [0.3, 0.4) is 0 Å². The van der Waals surface area contributed by atoms with Crippen LogP contribution in [0.1, 0.15) is 272 Å². The number of hydrogen-bond donors (Lipinski definition) is 0. The average Bonchev–Trinajstić information content (AvgIpc) is 3.08. The molecule has 286 valence electrons. The number of unbranched alkanes of at least 4 members (excludes halogenated alkanes) is 34. The molecule has 0 N–H and O–H groups in total. The molecule has 0 saturated heterocycles. The van der Waals surface area contributed by atoms with Crippen molar-refractivity contribution in [2.75, 3.05) is 24.6 Å². The van der Waals surface area contributed by atoms with E-state index in [9.17, 15) is 0 Å². The van der Waals surface area contributed by atoms with E-state index in [1.807, 2.05) is 0 Å². The van der Waals surface area contributed by atoms with Crippen LogP contribution in [-0.4, -0.2) is 24.6 Å². The van der Waals surface area contributed by atoms with Gasteiger partial charge in [0, 0.05) is 0 Å². The van der Waals surface area contributed by atoms with Crippen molar-refractivity contribution in [3.05, 3.63) is 0 Å². The Morgan fingerprint density at radius 3 is 0.447 bits per heavy atom. The average molecular weight is 681 g/mol. The van der Waals surface area contributed by atoms with Crippen LogP contribution in [0.5, 0.6) is 0 Å². The van der Waals surface area contributed by atoms with Crippen molar-refractivity contribution >= 4 is 7.26 Å². The van der Waals surface area contributed by atoms with Gasteiger partial charge in [-0.05, 0) is 0 Å². The van der Waals surface area contributed by atoms with Crippen LogP contribution in [0.25, 0.3) is 0 Å². The van der Waals surface area contributed by atoms with Gasteiger partial charge >= 0.3 is 297 Å². The predicted molar refractivity (Wildman–Crippen MR) is 226 cm³/mol. The van der Waals surface area contributed by atoms with Crippen molar-refractivity contribution in [2.24, 2.45) is 0 Å². The Balaban J connectivity index is 4.84. The molecule has 0 bridgehead atoms. The molecule has 0 aliphatic carbocycles. The molecule has 0 spiro atoms. The van der Waals surface area contributed by atoms with Crippen LogP contribution in [0.4, 0.5) is 0 Å². The van der Waals surface area contributed by atoms with Crippen LogP contribution >= 0.6 is 7.26 Å². The van der Waals surface area contributed by atoms with Crippen LogP contribution in [0.15, 0.2) is 0 Å². The minimum absolute atomic E-state index is 1.15. The first kappa shape index (κ1) is 47.4. The first-order chi connectivity index (χ1) is 23.2. The van der Waals surface area contributed by atoms with E-state index >= 15 is 0 Å². The Bertz CT molecular complexity index is 486. The quantitative estimate of drug-likeness (QED) is 0.0445. The standard InChI is InChI=1S/C46H97P/c1-5-9-13-17-21-25-26-30-34-38-42-46-47(43-39-35-31-27-22-18-14-10-6-2,44-40-36-32-28-23-19-15-11-7-3)45-41-37-33-29-24-20-16-12-8-4/h47H,5-46H2,1-4H3. The first-order valence-corrected chi connectivity index (χ1v) is 26.1. The van der Waals surface area contributed by atoms with Gasteiger partial charge in [0.2, 0.25) is 0 Å². The first-order valence-electron chi connectivity index (χ1n) is 23.2. The Kier molecular flexibility index (Phi) is 41.2. The Morgan fingerprint density at radius 2 is 0.298 bits per heavy atom. The third kappa shape index (κ3) is 36.0. The Labute approximate surface area is 302 Å². The fourth-order valence-corrected chi connectivity index (χ4v) is 13.8. The summed E-state index contributed by atoms with van der Waals surface area (Å²) in [6.45, 7) is 9.36. The van der Waals surface area contributed by atoms with Crippen molar-refractivity contribution in [1.29, 1.82) is 0 Å². The fraction of sp³-hybridized carbons (Fsp3) is 1.00. The maximum atomic E-state index is 2.34. The third-order valence-corrected chi connectivity index (χ3v) is 17.4. The molecule has 0 heterocycles. The monoisotopic (exact) mass is 681 g/mol. The normalized spacial score (nSPS) is 12.3. The van der Waals surface area contributed by atoms with Gasteiger partial charge in [-0.15, -0.1) is 0 Å². The van der Waals surface area contributed by atoms with E-state index in [1.54, 1.807) is 50.3 Å². The summed E-state index contributed by atoms with van der Waals surface area (Å²) in [7, 11) is -1.15. The fourth-order valence-electron chi connectivity index (χ4n) is 8.35. The van der Waals surface area contributed by atoms with Crippen LogP contribution in [0.2, 0.25) is 0 Å². The molecule has 0 fully saturated rings. The van der Waals surface area contributed by atoms with Crippen molar-refractivity contribution in [2.45, 2.75) is 272 Å². The SMILES string of the molecule is CCCCCCCCCCCCC[PH](CCCCCCCCCCC)(CCCCCCCCCCC)CCCCCCCCCCC. The van der Waals surface area contributed by atoms with Gasteiger partial charge in [-0.25, -0.2) is 0 Å². The molecule has 0 amide bonds. The molecule has 0 aromatic carbocycles. The van der Waals surface area contributed by atoms with Crippen LogP contribution in [-0.2, 0) is 0 Å².